The molecule has 1 atom stereocenters. The van der Waals surface area contributed by atoms with E-state index in [1.807, 2.05) is 30.3 Å². The average molecular weight is 312 g/mol. The summed E-state index contributed by atoms with van der Waals surface area (Å²) in [4.78, 5) is 0. The molecule has 23 heavy (non-hydrogen) atoms. The molecule has 0 aromatic heterocycles. The van der Waals surface area contributed by atoms with Crippen LogP contribution < -0.4 is 0 Å². The molecule has 0 radical (unpaired) electrons. The second kappa shape index (κ2) is 7.07. The Morgan fingerprint density at radius 2 is 1.70 bits per heavy atom. The average Bonchev–Trinajstić information content (AvgIpc) is 3.03. The summed E-state index contributed by atoms with van der Waals surface area (Å²) in [6, 6.07) is 10.1. The third kappa shape index (κ3) is 3.79. The largest absolute Gasteiger partial charge is 0.373 e. The molecule has 1 aliphatic heterocycles. The van der Waals surface area contributed by atoms with Gasteiger partial charge in [0.15, 0.2) is 5.60 Å². The molecule has 1 saturated carbocycles. The van der Waals surface area contributed by atoms with E-state index < -0.39 is 5.60 Å². The van der Waals surface area contributed by atoms with Gasteiger partial charge in [-0.2, -0.15) is 0 Å². The molecule has 3 rings (SSSR count). The SMILES string of the molecule is C[N+]1(CC#CC(O)(c2ccccc2)C2CCCCC2)CCCC1. The maximum atomic E-state index is 11.5. The zero-order chi connectivity index (χ0) is 16.2. The maximum Gasteiger partial charge on any atom is 0.153 e. The van der Waals surface area contributed by atoms with Gasteiger partial charge >= 0.3 is 0 Å². The van der Waals surface area contributed by atoms with Gasteiger partial charge in [-0.05, 0) is 24.3 Å². The molecule has 2 fully saturated rings. The number of quaternary nitrogens is 1. The lowest BCUT2D eigenvalue weighted by Gasteiger charge is -2.35. The lowest BCUT2D eigenvalue weighted by atomic mass is 9.73. The van der Waals surface area contributed by atoms with E-state index in [-0.39, 0.29) is 5.92 Å². The number of likely N-dealkylation sites (tertiary alicyclic amines) is 1. The van der Waals surface area contributed by atoms with Crippen molar-refractivity contribution in [1.29, 1.82) is 0 Å². The quantitative estimate of drug-likeness (QED) is 0.666. The molecular formula is C21H30NO+. The highest BCUT2D eigenvalue weighted by Gasteiger charge is 2.37. The molecule has 1 saturated heterocycles. The molecule has 0 bridgehead atoms. The second-order valence-electron chi connectivity index (χ2n) is 7.70. The van der Waals surface area contributed by atoms with Crippen LogP contribution in [0.2, 0.25) is 0 Å². The summed E-state index contributed by atoms with van der Waals surface area (Å²) in [6.07, 6.45) is 8.53. The first-order valence-corrected chi connectivity index (χ1v) is 9.24. The first kappa shape index (κ1) is 16.6. The number of hydrogen-bond acceptors (Lipinski definition) is 1. The van der Waals surface area contributed by atoms with Crippen LogP contribution in [0.5, 0.6) is 0 Å². The summed E-state index contributed by atoms with van der Waals surface area (Å²) in [5.74, 6) is 6.97. The zero-order valence-electron chi connectivity index (χ0n) is 14.4. The number of rotatable bonds is 3. The Kier molecular flexibility index (Phi) is 5.09. The Hall–Kier alpha value is -1.30. The summed E-state index contributed by atoms with van der Waals surface area (Å²) in [5.41, 5.74) is 0.00378. The molecule has 2 nitrogen and oxygen atoms in total. The van der Waals surface area contributed by atoms with E-state index >= 15 is 0 Å². The van der Waals surface area contributed by atoms with Crippen LogP contribution in [-0.2, 0) is 5.60 Å². The molecule has 124 valence electrons. The summed E-state index contributed by atoms with van der Waals surface area (Å²) in [7, 11) is 2.30. The molecule has 1 heterocycles. The van der Waals surface area contributed by atoms with E-state index in [1.165, 1.54) is 45.2 Å². The molecule has 0 amide bonds. The Morgan fingerprint density at radius 3 is 2.35 bits per heavy atom. The fourth-order valence-electron chi connectivity index (χ4n) is 4.24. The summed E-state index contributed by atoms with van der Waals surface area (Å²) < 4.78 is 1.04. The van der Waals surface area contributed by atoms with E-state index in [0.29, 0.717) is 0 Å². The van der Waals surface area contributed by atoms with Crippen molar-refractivity contribution >= 4 is 0 Å². The fourth-order valence-corrected chi connectivity index (χ4v) is 4.24. The summed E-state index contributed by atoms with van der Waals surface area (Å²) in [6.45, 7) is 3.31. The van der Waals surface area contributed by atoms with Gasteiger partial charge in [-0.25, -0.2) is 0 Å². The molecule has 1 aliphatic carbocycles. The van der Waals surface area contributed by atoms with Crippen LogP contribution in [0.1, 0.15) is 50.5 Å². The van der Waals surface area contributed by atoms with Gasteiger partial charge in [-0.15, -0.1) is 0 Å². The molecule has 1 aromatic carbocycles. The van der Waals surface area contributed by atoms with Gasteiger partial charge in [0.2, 0.25) is 0 Å². The van der Waals surface area contributed by atoms with Gasteiger partial charge in [-0.1, -0.05) is 55.5 Å². The van der Waals surface area contributed by atoms with Crippen LogP contribution in [0.15, 0.2) is 30.3 Å². The highest BCUT2D eigenvalue weighted by Crippen LogP contribution is 2.39. The van der Waals surface area contributed by atoms with Gasteiger partial charge in [0.1, 0.15) is 6.54 Å². The monoisotopic (exact) mass is 312 g/mol. The Balaban J connectivity index is 1.83. The van der Waals surface area contributed by atoms with Crippen molar-refractivity contribution in [3.05, 3.63) is 35.9 Å². The first-order valence-electron chi connectivity index (χ1n) is 9.24. The molecular weight excluding hydrogens is 282 g/mol. The Morgan fingerprint density at radius 1 is 1.04 bits per heavy atom. The predicted octanol–water partition coefficient (Wildman–Crippen LogP) is 3.70. The molecule has 2 heteroatoms. The molecule has 0 spiro atoms. The number of aliphatic hydroxyl groups is 1. The number of nitrogens with zero attached hydrogens (tertiary/aromatic N) is 1. The van der Waals surface area contributed by atoms with Crippen LogP contribution >= 0.6 is 0 Å². The first-order chi connectivity index (χ1) is 11.1. The zero-order valence-corrected chi connectivity index (χ0v) is 14.4. The van der Waals surface area contributed by atoms with Crippen molar-refractivity contribution in [1.82, 2.24) is 0 Å². The molecule has 1 unspecified atom stereocenters. The van der Waals surface area contributed by atoms with Gasteiger partial charge < -0.3 is 9.59 Å². The second-order valence-corrected chi connectivity index (χ2v) is 7.70. The van der Waals surface area contributed by atoms with Crippen LogP contribution in [0.25, 0.3) is 0 Å². The minimum absolute atomic E-state index is 0.273. The van der Waals surface area contributed by atoms with Gasteiger partial charge in [0, 0.05) is 18.8 Å². The third-order valence-electron chi connectivity index (χ3n) is 5.80. The van der Waals surface area contributed by atoms with Gasteiger partial charge in [0.25, 0.3) is 0 Å². The minimum atomic E-state index is -0.972. The van der Waals surface area contributed by atoms with Crippen LogP contribution in [-0.4, -0.2) is 36.3 Å². The van der Waals surface area contributed by atoms with Crippen molar-refractivity contribution in [3.8, 4) is 11.8 Å². The summed E-state index contributed by atoms with van der Waals surface area (Å²) >= 11 is 0. The smallest absolute Gasteiger partial charge is 0.153 e. The van der Waals surface area contributed by atoms with Gasteiger partial charge in [-0.3, -0.25) is 0 Å². The third-order valence-corrected chi connectivity index (χ3v) is 5.80. The molecule has 1 N–H and O–H groups in total. The number of hydrogen-bond donors (Lipinski definition) is 1. The van der Waals surface area contributed by atoms with Crippen molar-refractivity contribution in [2.45, 2.75) is 50.5 Å². The molecule has 2 aliphatic rings. The van der Waals surface area contributed by atoms with Gasteiger partial charge in [0.05, 0.1) is 20.1 Å². The van der Waals surface area contributed by atoms with Crippen molar-refractivity contribution in [2.24, 2.45) is 5.92 Å². The normalized spacial score (nSPS) is 23.7. The maximum absolute atomic E-state index is 11.5. The van der Waals surface area contributed by atoms with Crippen LogP contribution in [0.4, 0.5) is 0 Å². The van der Waals surface area contributed by atoms with E-state index in [1.54, 1.807) is 0 Å². The van der Waals surface area contributed by atoms with E-state index in [4.69, 9.17) is 0 Å². The lowest BCUT2D eigenvalue weighted by molar-refractivity contribution is -0.890. The highest BCUT2D eigenvalue weighted by atomic mass is 16.3. The fraction of sp³-hybridized carbons (Fsp3) is 0.619. The van der Waals surface area contributed by atoms with Crippen molar-refractivity contribution < 1.29 is 9.59 Å². The lowest BCUT2D eigenvalue weighted by Crippen LogP contribution is -2.41. The topological polar surface area (TPSA) is 20.2 Å². The highest BCUT2D eigenvalue weighted by molar-refractivity contribution is 5.33. The predicted molar refractivity (Wildman–Crippen MR) is 94.7 cm³/mol. The molecule has 1 aromatic rings. The summed E-state index contributed by atoms with van der Waals surface area (Å²) in [5, 5.41) is 11.5. The van der Waals surface area contributed by atoms with Crippen LogP contribution in [0, 0.1) is 17.8 Å². The minimum Gasteiger partial charge on any atom is -0.373 e. The van der Waals surface area contributed by atoms with E-state index in [0.717, 1.165) is 29.4 Å². The van der Waals surface area contributed by atoms with E-state index in [9.17, 15) is 5.11 Å². The standard InChI is InChI=1S/C21H30NO/c1-22(16-8-9-17-22)18-10-15-21(23,19-11-4-2-5-12-19)20-13-6-3-7-14-20/h2,4-5,11-12,20,23H,3,6-9,13-14,16-18H2,1H3/q+1. The van der Waals surface area contributed by atoms with E-state index in [2.05, 4.69) is 18.9 Å². The number of benzene rings is 1. The van der Waals surface area contributed by atoms with Crippen molar-refractivity contribution in [3.63, 3.8) is 0 Å². The van der Waals surface area contributed by atoms with Crippen molar-refractivity contribution in [2.75, 3.05) is 26.7 Å². The van der Waals surface area contributed by atoms with Crippen LogP contribution in [0.3, 0.4) is 0 Å². The Labute approximate surface area is 141 Å². The Bertz CT molecular complexity index is 558.